The third-order valence-electron chi connectivity index (χ3n) is 4.59. The predicted molar refractivity (Wildman–Crippen MR) is 70.5 cm³/mol. The highest BCUT2D eigenvalue weighted by Crippen LogP contribution is 2.38. The average Bonchev–Trinajstić information content (AvgIpc) is 3.19. The zero-order chi connectivity index (χ0) is 12.3. The first-order chi connectivity index (χ1) is 8.30. The Labute approximate surface area is 106 Å². The summed E-state index contributed by atoms with van der Waals surface area (Å²) in [5, 5.41) is 9.36. The fourth-order valence-corrected chi connectivity index (χ4v) is 3.40. The van der Waals surface area contributed by atoms with Crippen LogP contribution in [-0.4, -0.2) is 23.5 Å². The molecule has 0 bridgehead atoms. The van der Waals surface area contributed by atoms with E-state index in [4.69, 9.17) is 0 Å². The molecule has 2 heteroatoms. The zero-order valence-electron chi connectivity index (χ0n) is 11.4. The lowest BCUT2D eigenvalue weighted by Crippen LogP contribution is -2.45. The molecule has 2 fully saturated rings. The molecule has 2 aliphatic carbocycles. The number of hydrogen-bond acceptors (Lipinski definition) is 2. The molecule has 2 aliphatic rings. The van der Waals surface area contributed by atoms with E-state index in [2.05, 4.69) is 24.8 Å². The fourth-order valence-electron chi connectivity index (χ4n) is 3.40. The van der Waals surface area contributed by atoms with Crippen molar-refractivity contribution in [2.24, 2.45) is 11.8 Å². The molecule has 0 aromatic heterocycles. The third kappa shape index (κ3) is 3.01. The van der Waals surface area contributed by atoms with Gasteiger partial charge in [0.05, 0.1) is 12.0 Å². The van der Waals surface area contributed by atoms with Crippen LogP contribution in [-0.2, 0) is 0 Å². The van der Waals surface area contributed by atoms with Crippen LogP contribution in [0.5, 0.6) is 0 Å². The Hall–Kier alpha value is -0.550. The largest absolute Gasteiger partial charge is 0.296 e. The van der Waals surface area contributed by atoms with E-state index in [1.807, 2.05) is 0 Å². The molecule has 96 valence electrons. The molecule has 0 aliphatic heterocycles. The summed E-state index contributed by atoms with van der Waals surface area (Å²) in [6.45, 7) is 5.76. The van der Waals surface area contributed by atoms with Gasteiger partial charge < -0.3 is 0 Å². The van der Waals surface area contributed by atoms with Gasteiger partial charge in [0, 0.05) is 12.1 Å². The SMILES string of the molecule is CCCN(C1CC1)C1CC(CC)CCC1C#N. The molecule has 2 rings (SSSR count). The van der Waals surface area contributed by atoms with Gasteiger partial charge in [0.1, 0.15) is 0 Å². The van der Waals surface area contributed by atoms with Crippen molar-refractivity contribution in [3.63, 3.8) is 0 Å². The number of rotatable bonds is 5. The maximum absolute atomic E-state index is 9.36. The second kappa shape index (κ2) is 5.87. The maximum atomic E-state index is 9.36. The van der Waals surface area contributed by atoms with Gasteiger partial charge in [-0.3, -0.25) is 4.90 Å². The summed E-state index contributed by atoms with van der Waals surface area (Å²) in [4.78, 5) is 2.68. The summed E-state index contributed by atoms with van der Waals surface area (Å²) >= 11 is 0. The quantitative estimate of drug-likeness (QED) is 0.727. The molecule has 3 unspecified atom stereocenters. The first kappa shape index (κ1) is 12.9. The minimum absolute atomic E-state index is 0.296. The Bertz CT molecular complexity index is 277. The van der Waals surface area contributed by atoms with E-state index >= 15 is 0 Å². The Balaban J connectivity index is 2.04. The summed E-state index contributed by atoms with van der Waals surface area (Å²) in [6, 6.07) is 3.95. The van der Waals surface area contributed by atoms with Crippen LogP contribution in [0.2, 0.25) is 0 Å². The summed E-state index contributed by atoms with van der Waals surface area (Å²) in [5.41, 5.74) is 0. The molecule has 0 saturated heterocycles. The fraction of sp³-hybridized carbons (Fsp3) is 0.933. The van der Waals surface area contributed by atoms with Gasteiger partial charge in [0.2, 0.25) is 0 Å². The van der Waals surface area contributed by atoms with Crippen LogP contribution in [0.25, 0.3) is 0 Å². The molecule has 2 nitrogen and oxygen atoms in total. The molecule has 2 saturated carbocycles. The number of nitriles is 1. The Morgan fingerprint density at radius 1 is 1.18 bits per heavy atom. The zero-order valence-corrected chi connectivity index (χ0v) is 11.4. The molecule has 3 atom stereocenters. The van der Waals surface area contributed by atoms with E-state index in [1.165, 1.54) is 45.1 Å². The van der Waals surface area contributed by atoms with Crippen molar-refractivity contribution in [3.05, 3.63) is 0 Å². The van der Waals surface area contributed by atoms with Gasteiger partial charge in [-0.2, -0.15) is 5.26 Å². The van der Waals surface area contributed by atoms with Crippen LogP contribution in [0.1, 0.15) is 58.8 Å². The van der Waals surface area contributed by atoms with E-state index in [0.717, 1.165) is 18.4 Å². The lowest BCUT2D eigenvalue weighted by molar-refractivity contribution is 0.0923. The Morgan fingerprint density at radius 2 is 1.94 bits per heavy atom. The first-order valence-corrected chi connectivity index (χ1v) is 7.45. The highest BCUT2D eigenvalue weighted by atomic mass is 15.2. The predicted octanol–water partition coefficient (Wildman–Crippen LogP) is 3.58. The van der Waals surface area contributed by atoms with Gasteiger partial charge in [-0.05, 0) is 51.0 Å². The molecular weight excluding hydrogens is 208 g/mol. The molecule has 0 amide bonds. The Kier molecular flexibility index (Phi) is 4.45. The van der Waals surface area contributed by atoms with Crippen molar-refractivity contribution in [1.82, 2.24) is 4.90 Å². The summed E-state index contributed by atoms with van der Waals surface area (Å²) in [5.74, 6) is 1.16. The highest BCUT2D eigenvalue weighted by molar-refractivity contribution is 5.01. The molecule has 0 N–H and O–H groups in total. The number of hydrogen-bond donors (Lipinski definition) is 0. The second-order valence-electron chi connectivity index (χ2n) is 5.86. The molecular formula is C15H26N2. The normalized spacial score (nSPS) is 33.6. The third-order valence-corrected chi connectivity index (χ3v) is 4.59. The van der Waals surface area contributed by atoms with E-state index in [-0.39, 0.29) is 0 Å². The monoisotopic (exact) mass is 234 g/mol. The first-order valence-electron chi connectivity index (χ1n) is 7.45. The van der Waals surface area contributed by atoms with Crippen LogP contribution in [0.3, 0.4) is 0 Å². The van der Waals surface area contributed by atoms with Crippen molar-refractivity contribution in [3.8, 4) is 6.07 Å². The van der Waals surface area contributed by atoms with Gasteiger partial charge in [-0.25, -0.2) is 0 Å². The smallest absolute Gasteiger partial charge is 0.0672 e. The molecule has 0 spiro atoms. The van der Waals surface area contributed by atoms with Gasteiger partial charge >= 0.3 is 0 Å². The summed E-state index contributed by atoms with van der Waals surface area (Å²) < 4.78 is 0. The second-order valence-corrected chi connectivity index (χ2v) is 5.86. The lowest BCUT2D eigenvalue weighted by Gasteiger charge is -2.40. The van der Waals surface area contributed by atoms with Crippen molar-refractivity contribution in [1.29, 1.82) is 5.26 Å². The topological polar surface area (TPSA) is 27.0 Å². The number of nitrogens with zero attached hydrogens (tertiary/aromatic N) is 2. The summed E-state index contributed by atoms with van der Waals surface area (Å²) in [6.07, 6.45) is 8.92. The van der Waals surface area contributed by atoms with E-state index in [1.54, 1.807) is 0 Å². The van der Waals surface area contributed by atoms with E-state index in [9.17, 15) is 5.26 Å². The van der Waals surface area contributed by atoms with Gasteiger partial charge in [-0.15, -0.1) is 0 Å². The van der Waals surface area contributed by atoms with Gasteiger partial charge in [-0.1, -0.05) is 20.3 Å². The van der Waals surface area contributed by atoms with Crippen molar-refractivity contribution in [2.45, 2.75) is 70.9 Å². The van der Waals surface area contributed by atoms with E-state index < -0.39 is 0 Å². The van der Waals surface area contributed by atoms with Crippen molar-refractivity contribution >= 4 is 0 Å². The molecule has 0 aromatic carbocycles. The van der Waals surface area contributed by atoms with Crippen LogP contribution in [0, 0.1) is 23.2 Å². The van der Waals surface area contributed by atoms with E-state index in [0.29, 0.717) is 12.0 Å². The van der Waals surface area contributed by atoms with Gasteiger partial charge in [0.25, 0.3) is 0 Å². The Morgan fingerprint density at radius 3 is 2.47 bits per heavy atom. The average molecular weight is 234 g/mol. The summed E-state index contributed by atoms with van der Waals surface area (Å²) in [7, 11) is 0. The molecule has 0 aromatic rings. The molecule has 0 radical (unpaired) electrons. The maximum Gasteiger partial charge on any atom is 0.0672 e. The molecule has 0 heterocycles. The van der Waals surface area contributed by atoms with Gasteiger partial charge in [0.15, 0.2) is 0 Å². The van der Waals surface area contributed by atoms with Crippen LogP contribution < -0.4 is 0 Å². The molecule has 17 heavy (non-hydrogen) atoms. The standard InChI is InChI=1S/C15H26N2/c1-3-9-17(14-7-8-14)15-10-12(4-2)5-6-13(15)11-16/h12-15H,3-10H2,1-2H3. The van der Waals surface area contributed by atoms with Crippen molar-refractivity contribution < 1.29 is 0 Å². The van der Waals surface area contributed by atoms with Crippen LogP contribution >= 0.6 is 0 Å². The minimum atomic E-state index is 0.296. The highest BCUT2D eigenvalue weighted by Gasteiger charge is 2.39. The van der Waals surface area contributed by atoms with Crippen molar-refractivity contribution in [2.75, 3.05) is 6.54 Å². The van der Waals surface area contributed by atoms with Crippen LogP contribution in [0.4, 0.5) is 0 Å². The minimum Gasteiger partial charge on any atom is -0.296 e. The lowest BCUT2D eigenvalue weighted by atomic mass is 9.77. The van der Waals surface area contributed by atoms with Crippen LogP contribution in [0.15, 0.2) is 0 Å².